The number of hydrogen-bond donors (Lipinski definition) is 0. The van der Waals surface area contributed by atoms with Crippen LogP contribution in [0.1, 0.15) is 25.0 Å². The number of hydrogen-bond acceptors (Lipinski definition) is 4. The highest BCUT2D eigenvalue weighted by Gasteiger charge is 2.35. The summed E-state index contributed by atoms with van der Waals surface area (Å²) in [5.41, 5.74) is 14.9. The van der Waals surface area contributed by atoms with Crippen LogP contribution in [-0.4, -0.2) is 9.13 Å². The second-order valence-corrected chi connectivity index (χ2v) is 17.3. The van der Waals surface area contributed by atoms with Gasteiger partial charge >= 0.3 is 5.69 Å². The molecule has 12 rings (SSSR count). The second-order valence-electron chi connectivity index (χ2n) is 17.3. The lowest BCUT2D eigenvalue weighted by Crippen LogP contribution is -2.38. The summed E-state index contributed by atoms with van der Waals surface area (Å²) in [7, 11) is 0. The van der Waals surface area contributed by atoms with Crippen LogP contribution < -0.4 is 16.1 Å². The van der Waals surface area contributed by atoms with Crippen molar-refractivity contribution in [2.75, 3.05) is 4.90 Å². The summed E-state index contributed by atoms with van der Waals surface area (Å²) in [4.78, 5) is 30.8. The Balaban J connectivity index is 0.968. The van der Waals surface area contributed by atoms with Crippen LogP contribution in [0.4, 0.5) is 17.1 Å². The predicted molar refractivity (Wildman–Crippen MR) is 266 cm³/mol. The molecule has 11 aromatic rings. The molecule has 2 aromatic heterocycles. The molecule has 0 amide bonds. The zero-order valence-electron chi connectivity index (χ0n) is 35.8. The Morgan fingerprint density at radius 2 is 0.938 bits per heavy atom. The predicted octanol–water partition coefficient (Wildman–Crippen LogP) is 14.2. The number of rotatable bonds is 7. The summed E-state index contributed by atoms with van der Waals surface area (Å²) in [6.07, 6.45) is 0. The third kappa shape index (κ3) is 6.17. The average molecular weight is 840 g/mol. The van der Waals surface area contributed by atoms with Gasteiger partial charge in [0.05, 0.1) is 22.3 Å². The number of benzene rings is 9. The van der Waals surface area contributed by atoms with Crippen molar-refractivity contribution in [2.45, 2.75) is 19.3 Å². The van der Waals surface area contributed by atoms with Crippen LogP contribution in [0, 0.1) is 0 Å². The third-order valence-corrected chi connectivity index (χ3v) is 13.2. The standard InChI is InChI=1S/C59H41N3O3/c1-59(2)52-19-11-9-17-47(52)49-37-46(31-32-53(49)59)60(45-29-23-39(24-30-45)41-26-34-56-50(35-41)48-18-10-12-20-55(48)65-56)44-27-21-38(22-28-44)40-25-33-54-51(36-40)57(63)62(43-15-7-4-8-16-43)58(64)61(54)42-13-5-3-6-14-42/h3-37H,1-2H3. The van der Waals surface area contributed by atoms with E-state index in [9.17, 15) is 9.59 Å². The van der Waals surface area contributed by atoms with E-state index < -0.39 is 5.69 Å². The number of fused-ring (bicyclic) bond motifs is 7. The largest absolute Gasteiger partial charge is 0.456 e. The molecule has 0 aliphatic heterocycles. The van der Waals surface area contributed by atoms with E-state index in [1.165, 1.54) is 26.8 Å². The van der Waals surface area contributed by atoms with Crippen molar-refractivity contribution in [3.8, 4) is 44.8 Å². The number of nitrogens with zero attached hydrogens (tertiary/aromatic N) is 3. The number of anilines is 3. The van der Waals surface area contributed by atoms with E-state index in [1.54, 1.807) is 16.7 Å². The Bertz CT molecular complexity index is 3770. The van der Waals surface area contributed by atoms with Gasteiger partial charge in [0.15, 0.2) is 0 Å². The van der Waals surface area contributed by atoms with Gasteiger partial charge in [-0.25, -0.2) is 9.36 Å². The van der Waals surface area contributed by atoms with Gasteiger partial charge in [0.25, 0.3) is 5.56 Å². The minimum atomic E-state index is -0.420. The molecular weight excluding hydrogens is 799 g/mol. The summed E-state index contributed by atoms with van der Waals surface area (Å²) in [6.45, 7) is 4.61. The molecule has 1 aliphatic carbocycles. The SMILES string of the molecule is CC1(C)c2ccccc2-c2cc(N(c3ccc(-c4ccc5c(c4)c(=O)n(-c4ccccc4)c(=O)n5-c4ccccc4)cc3)c3ccc(-c4ccc5oc6ccccc6c5c4)cc3)ccc21. The zero-order chi connectivity index (χ0) is 43.8. The maximum Gasteiger partial charge on any atom is 0.340 e. The van der Waals surface area contributed by atoms with Gasteiger partial charge in [-0.15, -0.1) is 0 Å². The molecule has 0 bridgehead atoms. The van der Waals surface area contributed by atoms with E-state index in [0.29, 0.717) is 22.3 Å². The molecule has 0 unspecified atom stereocenters. The molecule has 65 heavy (non-hydrogen) atoms. The van der Waals surface area contributed by atoms with Crippen LogP contribution in [0.25, 0.3) is 77.6 Å². The van der Waals surface area contributed by atoms with Crippen molar-refractivity contribution in [1.82, 2.24) is 9.13 Å². The van der Waals surface area contributed by atoms with Crippen molar-refractivity contribution in [2.24, 2.45) is 0 Å². The molecule has 6 nitrogen and oxygen atoms in total. The maximum absolute atomic E-state index is 14.3. The van der Waals surface area contributed by atoms with Gasteiger partial charge in [0, 0.05) is 33.2 Å². The molecule has 0 fully saturated rings. The lowest BCUT2D eigenvalue weighted by Gasteiger charge is -2.27. The molecule has 0 N–H and O–H groups in total. The first-order chi connectivity index (χ1) is 31.8. The van der Waals surface area contributed by atoms with Crippen molar-refractivity contribution < 1.29 is 4.42 Å². The van der Waals surface area contributed by atoms with E-state index >= 15 is 0 Å². The van der Waals surface area contributed by atoms with Gasteiger partial charge in [-0.05, 0) is 136 Å². The normalized spacial score (nSPS) is 12.7. The second kappa shape index (κ2) is 14.8. The van der Waals surface area contributed by atoms with Crippen molar-refractivity contribution >= 4 is 49.9 Å². The fourth-order valence-electron chi connectivity index (χ4n) is 9.93. The highest BCUT2D eigenvalue weighted by Crippen LogP contribution is 2.50. The number of para-hydroxylation sites is 3. The Hall–Kier alpha value is -8.48. The molecule has 0 spiro atoms. The summed E-state index contributed by atoms with van der Waals surface area (Å²) in [6, 6.07) is 71.8. The molecule has 310 valence electrons. The first-order valence-electron chi connectivity index (χ1n) is 21.9. The van der Waals surface area contributed by atoms with E-state index in [-0.39, 0.29) is 11.0 Å². The summed E-state index contributed by atoms with van der Waals surface area (Å²) in [5.74, 6) is 0. The lowest BCUT2D eigenvalue weighted by molar-refractivity contribution is 0.660. The van der Waals surface area contributed by atoms with Gasteiger partial charge in [0.1, 0.15) is 11.2 Å². The smallest absolute Gasteiger partial charge is 0.340 e. The fraction of sp³-hybridized carbons (Fsp3) is 0.0508. The van der Waals surface area contributed by atoms with E-state index in [4.69, 9.17) is 4.42 Å². The van der Waals surface area contributed by atoms with Crippen LogP contribution in [-0.2, 0) is 5.41 Å². The van der Waals surface area contributed by atoms with Gasteiger partial charge < -0.3 is 9.32 Å². The average Bonchev–Trinajstić information content (AvgIpc) is 3.84. The Labute approximate surface area is 375 Å². The van der Waals surface area contributed by atoms with Crippen LogP contribution in [0.3, 0.4) is 0 Å². The zero-order valence-corrected chi connectivity index (χ0v) is 35.8. The van der Waals surface area contributed by atoms with E-state index in [2.05, 4.69) is 140 Å². The van der Waals surface area contributed by atoms with E-state index in [0.717, 1.165) is 61.3 Å². The molecule has 0 atom stereocenters. The molecule has 1 aliphatic rings. The highest BCUT2D eigenvalue weighted by atomic mass is 16.3. The topological polar surface area (TPSA) is 60.4 Å². The maximum atomic E-state index is 14.3. The van der Waals surface area contributed by atoms with Crippen LogP contribution in [0.15, 0.2) is 226 Å². The van der Waals surface area contributed by atoms with Gasteiger partial charge in [0.2, 0.25) is 0 Å². The van der Waals surface area contributed by atoms with Gasteiger partial charge in [-0.2, -0.15) is 0 Å². The van der Waals surface area contributed by atoms with Gasteiger partial charge in [-0.1, -0.05) is 135 Å². The quantitative estimate of drug-likeness (QED) is 0.160. The third-order valence-electron chi connectivity index (χ3n) is 13.2. The van der Waals surface area contributed by atoms with Crippen LogP contribution in [0.5, 0.6) is 0 Å². The number of aromatic nitrogens is 2. The molecule has 9 aromatic carbocycles. The molecule has 2 heterocycles. The fourth-order valence-corrected chi connectivity index (χ4v) is 9.93. The Kier molecular flexibility index (Phi) is 8.71. The highest BCUT2D eigenvalue weighted by molar-refractivity contribution is 6.06. The van der Waals surface area contributed by atoms with Crippen molar-refractivity contribution in [3.05, 3.63) is 244 Å². The summed E-state index contributed by atoms with van der Waals surface area (Å²) < 4.78 is 9.01. The monoisotopic (exact) mass is 839 g/mol. The van der Waals surface area contributed by atoms with Crippen molar-refractivity contribution in [3.63, 3.8) is 0 Å². The molecule has 6 heteroatoms. The summed E-state index contributed by atoms with van der Waals surface area (Å²) >= 11 is 0. The lowest BCUT2D eigenvalue weighted by atomic mass is 9.82. The van der Waals surface area contributed by atoms with Gasteiger partial charge in [-0.3, -0.25) is 9.36 Å². The minimum absolute atomic E-state index is 0.111. The van der Waals surface area contributed by atoms with E-state index in [1.807, 2.05) is 78.9 Å². The van der Waals surface area contributed by atoms with Crippen LogP contribution in [0.2, 0.25) is 0 Å². The molecule has 0 radical (unpaired) electrons. The van der Waals surface area contributed by atoms with Crippen molar-refractivity contribution in [1.29, 1.82) is 0 Å². The molecule has 0 saturated carbocycles. The van der Waals surface area contributed by atoms with Crippen LogP contribution >= 0.6 is 0 Å². The first kappa shape index (κ1) is 38.2. The molecular formula is C59H41N3O3. The molecule has 0 saturated heterocycles. The minimum Gasteiger partial charge on any atom is -0.456 e. The summed E-state index contributed by atoms with van der Waals surface area (Å²) in [5, 5.41) is 2.66. The first-order valence-corrected chi connectivity index (χ1v) is 21.9. The Morgan fingerprint density at radius 1 is 0.415 bits per heavy atom. The number of furan rings is 1. The Morgan fingerprint density at radius 3 is 1.63 bits per heavy atom.